The summed E-state index contributed by atoms with van der Waals surface area (Å²) < 4.78 is 1.89. The summed E-state index contributed by atoms with van der Waals surface area (Å²) in [6.45, 7) is 4.83. The van der Waals surface area contributed by atoms with Crippen LogP contribution >= 0.6 is 0 Å². The van der Waals surface area contributed by atoms with Crippen LogP contribution in [0.5, 0.6) is 0 Å². The first-order chi connectivity index (χ1) is 7.24. The van der Waals surface area contributed by atoms with Gasteiger partial charge in [0.05, 0.1) is 0 Å². The minimum atomic E-state index is 0.196. The van der Waals surface area contributed by atoms with E-state index in [1.54, 1.807) is 0 Å². The quantitative estimate of drug-likeness (QED) is 0.702. The molecule has 0 fully saturated rings. The zero-order valence-corrected chi connectivity index (χ0v) is 9.55. The first kappa shape index (κ1) is 10.4. The van der Waals surface area contributed by atoms with Crippen molar-refractivity contribution in [3.05, 3.63) is 27.4 Å². The van der Waals surface area contributed by atoms with Gasteiger partial charge in [-0.25, -0.2) is 4.98 Å². The van der Waals surface area contributed by atoms with Crippen LogP contribution in [0.1, 0.15) is 43.3 Å². The van der Waals surface area contributed by atoms with E-state index in [0.29, 0.717) is 0 Å². The maximum absolute atomic E-state index is 12.1. The number of hydrogen-bond acceptors (Lipinski definition) is 2. The highest BCUT2D eigenvalue weighted by atomic mass is 16.1. The molecule has 0 atom stereocenters. The van der Waals surface area contributed by atoms with Crippen LogP contribution in [0.4, 0.5) is 0 Å². The van der Waals surface area contributed by atoms with Gasteiger partial charge in [-0.2, -0.15) is 0 Å². The predicted octanol–water partition coefficient (Wildman–Crippen LogP) is 1.84. The highest BCUT2D eigenvalue weighted by molar-refractivity contribution is 5.18. The number of hydrogen-bond donors (Lipinski definition) is 0. The highest BCUT2D eigenvalue weighted by Crippen LogP contribution is 2.12. The molecule has 1 aliphatic rings. The number of nitrogens with zero attached hydrogens (tertiary/aromatic N) is 2. The SMILES string of the molecule is CCc1c(C)nc2n(c1=O)CCCCC2. The second kappa shape index (κ2) is 4.17. The van der Waals surface area contributed by atoms with Gasteiger partial charge in [0.15, 0.2) is 0 Å². The van der Waals surface area contributed by atoms with Crippen molar-refractivity contribution in [2.75, 3.05) is 0 Å². The normalized spacial score (nSPS) is 15.9. The molecule has 1 aliphatic heterocycles. The molecule has 0 aromatic carbocycles. The second-order valence-electron chi connectivity index (χ2n) is 4.21. The van der Waals surface area contributed by atoms with Gasteiger partial charge in [0, 0.05) is 24.2 Å². The molecule has 1 aromatic rings. The molecular weight excluding hydrogens is 188 g/mol. The summed E-state index contributed by atoms with van der Waals surface area (Å²) in [6.07, 6.45) is 5.24. The van der Waals surface area contributed by atoms with Gasteiger partial charge < -0.3 is 0 Å². The highest BCUT2D eigenvalue weighted by Gasteiger charge is 2.14. The van der Waals surface area contributed by atoms with Crippen molar-refractivity contribution in [1.82, 2.24) is 9.55 Å². The summed E-state index contributed by atoms with van der Waals surface area (Å²) in [5.41, 5.74) is 2.01. The molecule has 0 unspecified atom stereocenters. The van der Waals surface area contributed by atoms with Crippen LogP contribution in [0.15, 0.2) is 4.79 Å². The van der Waals surface area contributed by atoms with Crippen molar-refractivity contribution in [3.8, 4) is 0 Å². The van der Waals surface area contributed by atoms with E-state index in [0.717, 1.165) is 49.3 Å². The van der Waals surface area contributed by atoms with Crippen molar-refractivity contribution in [3.63, 3.8) is 0 Å². The lowest BCUT2D eigenvalue weighted by Gasteiger charge is -2.11. The minimum Gasteiger partial charge on any atom is -0.296 e. The second-order valence-corrected chi connectivity index (χ2v) is 4.21. The summed E-state index contributed by atoms with van der Waals surface area (Å²) >= 11 is 0. The molecule has 0 saturated carbocycles. The van der Waals surface area contributed by atoms with Crippen molar-refractivity contribution < 1.29 is 0 Å². The van der Waals surface area contributed by atoms with E-state index in [2.05, 4.69) is 4.98 Å². The van der Waals surface area contributed by atoms with Gasteiger partial charge in [0.2, 0.25) is 0 Å². The van der Waals surface area contributed by atoms with Gasteiger partial charge in [-0.3, -0.25) is 9.36 Å². The van der Waals surface area contributed by atoms with Crippen LogP contribution in [-0.2, 0) is 19.4 Å². The van der Waals surface area contributed by atoms with Gasteiger partial charge in [-0.1, -0.05) is 13.3 Å². The van der Waals surface area contributed by atoms with Crippen LogP contribution in [-0.4, -0.2) is 9.55 Å². The topological polar surface area (TPSA) is 34.9 Å². The summed E-state index contributed by atoms with van der Waals surface area (Å²) in [5, 5.41) is 0. The molecule has 0 radical (unpaired) electrons. The van der Waals surface area contributed by atoms with Gasteiger partial charge in [0.1, 0.15) is 5.82 Å². The predicted molar refractivity (Wildman–Crippen MR) is 60.2 cm³/mol. The number of aromatic nitrogens is 2. The standard InChI is InChI=1S/C12H18N2O/c1-3-10-9(2)13-11-7-5-4-6-8-14(11)12(10)15/h3-8H2,1-2H3. The maximum atomic E-state index is 12.1. The fourth-order valence-corrected chi connectivity index (χ4v) is 2.31. The molecule has 2 rings (SSSR count). The molecule has 0 saturated heterocycles. The van der Waals surface area contributed by atoms with Gasteiger partial charge >= 0.3 is 0 Å². The third-order valence-corrected chi connectivity index (χ3v) is 3.18. The molecule has 82 valence electrons. The van der Waals surface area contributed by atoms with Crippen molar-refractivity contribution in [2.24, 2.45) is 0 Å². The Kier molecular flexibility index (Phi) is 2.89. The Morgan fingerprint density at radius 1 is 1.33 bits per heavy atom. The minimum absolute atomic E-state index is 0.196. The van der Waals surface area contributed by atoms with Crippen molar-refractivity contribution in [2.45, 2.75) is 52.5 Å². The third kappa shape index (κ3) is 1.83. The Morgan fingerprint density at radius 3 is 2.87 bits per heavy atom. The lowest BCUT2D eigenvalue weighted by Crippen LogP contribution is -2.28. The molecule has 0 amide bonds. The van der Waals surface area contributed by atoms with Crippen LogP contribution in [0, 0.1) is 6.92 Å². The van der Waals surface area contributed by atoms with Crippen molar-refractivity contribution in [1.29, 1.82) is 0 Å². The molecule has 0 aliphatic carbocycles. The van der Waals surface area contributed by atoms with Crippen LogP contribution in [0.25, 0.3) is 0 Å². The largest absolute Gasteiger partial charge is 0.296 e. The summed E-state index contributed by atoms with van der Waals surface area (Å²) in [7, 11) is 0. The molecule has 1 aromatic heterocycles. The molecule has 0 N–H and O–H groups in total. The summed E-state index contributed by atoms with van der Waals surface area (Å²) in [6, 6.07) is 0. The van der Waals surface area contributed by atoms with E-state index in [1.165, 1.54) is 6.42 Å². The molecule has 3 heteroatoms. The van der Waals surface area contributed by atoms with Crippen molar-refractivity contribution >= 4 is 0 Å². The fourth-order valence-electron chi connectivity index (χ4n) is 2.31. The Bertz CT molecular complexity index is 420. The zero-order valence-electron chi connectivity index (χ0n) is 9.55. The van der Waals surface area contributed by atoms with Gasteiger partial charge in [-0.15, -0.1) is 0 Å². The van der Waals surface area contributed by atoms with Gasteiger partial charge in [-0.05, 0) is 26.2 Å². The lowest BCUT2D eigenvalue weighted by molar-refractivity contribution is 0.600. The van der Waals surface area contributed by atoms with E-state index in [4.69, 9.17) is 0 Å². The van der Waals surface area contributed by atoms with E-state index >= 15 is 0 Å². The molecule has 0 spiro atoms. The first-order valence-corrected chi connectivity index (χ1v) is 5.83. The third-order valence-electron chi connectivity index (χ3n) is 3.18. The first-order valence-electron chi connectivity index (χ1n) is 5.83. The van der Waals surface area contributed by atoms with E-state index in [1.807, 2.05) is 18.4 Å². The molecule has 3 nitrogen and oxygen atoms in total. The van der Waals surface area contributed by atoms with Crippen LogP contribution in [0.3, 0.4) is 0 Å². The van der Waals surface area contributed by atoms with E-state index < -0.39 is 0 Å². The molecular formula is C12H18N2O. The Morgan fingerprint density at radius 2 is 2.13 bits per heavy atom. The molecule has 0 bridgehead atoms. The lowest BCUT2D eigenvalue weighted by atomic mass is 10.2. The zero-order chi connectivity index (χ0) is 10.8. The Labute approximate surface area is 90.2 Å². The van der Waals surface area contributed by atoms with Crippen LogP contribution < -0.4 is 5.56 Å². The Hall–Kier alpha value is -1.12. The number of rotatable bonds is 1. The van der Waals surface area contributed by atoms with E-state index in [9.17, 15) is 4.79 Å². The monoisotopic (exact) mass is 206 g/mol. The smallest absolute Gasteiger partial charge is 0.256 e. The molecule has 2 heterocycles. The summed E-state index contributed by atoms with van der Waals surface area (Å²) in [5.74, 6) is 0.993. The van der Waals surface area contributed by atoms with Gasteiger partial charge in [0.25, 0.3) is 5.56 Å². The molecule has 15 heavy (non-hydrogen) atoms. The Balaban J connectivity index is 2.59. The average molecular weight is 206 g/mol. The maximum Gasteiger partial charge on any atom is 0.256 e. The van der Waals surface area contributed by atoms with Crippen LogP contribution in [0.2, 0.25) is 0 Å². The number of fused-ring (bicyclic) bond motifs is 1. The fraction of sp³-hybridized carbons (Fsp3) is 0.667. The summed E-state index contributed by atoms with van der Waals surface area (Å²) in [4.78, 5) is 16.7. The average Bonchev–Trinajstić information content (AvgIpc) is 2.43. The number of aryl methyl sites for hydroxylation is 2. The van der Waals surface area contributed by atoms with E-state index in [-0.39, 0.29) is 5.56 Å².